The number of hydrogen-bond donors (Lipinski definition) is 1. The molecule has 1 amide bonds. The van der Waals surface area contributed by atoms with Crippen molar-refractivity contribution in [3.8, 4) is 5.75 Å². The van der Waals surface area contributed by atoms with Gasteiger partial charge in [0.05, 0.1) is 19.6 Å². The van der Waals surface area contributed by atoms with E-state index >= 15 is 0 Å². The second-order valence-electron chi connectivity index (χ2n) is 5.53. The van der Waals surface area contributed by atoms with Crippen LogP contribution in [0, 0.1) is 0 Å². The summed E-state index contributed by atoms with van der Waals surface area (Å²) in [6.45, 7) is 1.29. The highest BCUT2D eigenvalue weighted by Crippen LogP contribution is 2.40. The molecule has 130 valence electrons. The second kappa shape index (κ2) is 8.49. The number of nitrogens with one attached hydrogen (secondary N) is 1. The summed E-state index contributed by atoms with van der Waals surface area (Å²) in [6.07, 6.45) is 4.03. The van der Waals surface area contributed by atoms with Crippen LogP contribution in [-0.2, 0) is 24.5 Å². The molecule has 24 heavy (non-hydrogen) atoms. The van der Waals surface area contributed by atoms with Crippen molar-refractivity contribution in [1.29, 1.82) is 0 Å². The Morgan fingerprint density at radius 1 is 1.25 bits per heavy atom. The molecule has 0 spiro atoms. The lowest BCUT2D eigenvalue weighted by molar-refractivity contribution is -0.135. The molecular formula is C18H23NO5. The average molecular weight is 333 g/mol. The molecule has 0 atom stereocenters. The van der Waals surface area contributed by atoms with Gasteiger partial charge in [-0.05, 0) is 18.9 Å². The molecule has 1 aliphatic rings. The summed E-state index contributed by atoms with van der Waals surface area (Å²) < 4.78 is 15.4. The predicted molar refractivity (Wildman–Crippen MR) is 88.9 cm³/mol. The van der Waals surface area contributed by atoms with E-state index in [2.05, 4.69) is 10.1 Å². The molecule has 1 N–H and O–H groups in total. The zero-order chi connectivity index (χ0) is 17.4. The standard InChI is InChI=1S/C18H23NO5/c1-22-15-7-4-3-6-14(15)18(9-12-24-13-10-18)17(21)19-11-5-8-16(20)23-2/h3-8H,9-13H2,1-2H3,(H,19,21)/b8-5+. The Morgan fingerprint density at radius 3 is 2.62 bits per heavy atom. The summed E-state index contributed by atoms with van der Waals surface area (Å²) in [5.74, 6) is 0.152. The lowest BCUT2D eigenvalue weighted by Crippen LogP contribution is -2.48. The Hall–Kier alpha value is -2.34. The summed E-state index contributed by atoms with van der Waals surface area (Å²) in [7, 11) is 2.91. The predicted octanol–water partition coefficient (Wildman–Crippen LogP) is 1.59. The molecule has 1 heterocycles. The van der Waals surface area contributed by atoms with E-state index in [4.69, 9.17) is 9.47 Å². The van der Waals surface area contributed by atoms with Gasteiger partial charge in [0.25, 0.3) is 0 Å². The van der Waals surface area contributed by atoms with Gasteiger partial charge in [0.1, 0.15) is 5.75 Å². The van der Waals surface area contributed by atoms with Gasteiger partial charge in [-0.3, -0.25) is 4.79 Å². The molecule has 0 bridgehead atoms. The van der Waals surface area contributed by atoms with Gasteiger partial charge in [0, 0.05) is 31.4 Å². The van der Waals surface area contributed by atoms with Crippen molar-refractivity contribution in [3.05, 3.63) is 42.0 Å². The summed E-state index contributed by atoms with van der Waals surface area (Å²) in [5, 5.41) is 2.88. The normalized spacial score (nSPS) is 16.6. The van der Waals surface area contributed by atoms with Crippen molar-refractivity contribution in [2.75, 3.05) is 34.0 Å². The Kier molecular flexibility index (Phi) is 6.37. The van der Waals surface area contributed by atoms with E-state index in [9.17, 15) is 9.59 Å². The molecule has 0 aliphatic carbocycles. The number of para-hydroxylation sites is 1. The fourth-order valence-electron chi connectivity index (χ4n) is 2.92. The van der Waals surface area contributed by atoms with Gasteiger partial charge in [0.2, 0.25) is 5.91 Å². The fourth-order valence-corrected chi connectivity index (χ4v) is 2.92. The van der Waals surface area contributed by atoms with Crippen LogP contribution in [-0.4, -0.2) is 45.9 Å². The van der Waals surface area contributed by atoms with Crippen molar-refractivity contribution in [2.45, 2.75) is 18.3 Å². The molecule has 2 rings (SSSR count). The first-order chi connectivity index (χ1) is 11.6. The Labute approximate surface area is 141 Å². The topological polar surface area (TPSA) is 73.9 Å². The minimum Gasteiger partial charge on any atom is -0.496 e. The SMILES string of the molecule is COC(=O)/C=C/CNC(=O)C1(c2ccccc2OC)CCOCC1. The van der Waals surface area contributed by atoms with E-state index in [1.807, 2.05) is 24.3 Å². The largest absolute Gasteiger partial charge is 0.496 e. The van der Waals surface area contributed by atoms with Crippen molar-refractivity contribution in [2.24, 2.45) is 0 Å². The second-order valence-corrected chi connectivity index (χ2v) is 5.53. The summed E-state index contributed by atoms with van der Waals surface area (Å²) in [6, 6.07) is 7.57. The number of benzene rings is 1. The van der Waals surface area contributed by atoms with Crippen molar-refractivity contribution < 1.29 is 23.8 Å². The number of rotatable bonds is 6. The molecule has 1 aromatic carbocycles. The number of hydrogen-bond acceptors (Lipinski definition) is 5. The van der Waals surface area contributed by atoms with Crippen molar-refractivity contribution in [3.63, 3.8) is 0 Å². The molecule has 1 saturated heterocycles. The maximum atomic E-state index is 12.9. The smallest absolute Gasteiger partial charge is 0.330 e. The third-order valence-corrected chi connectivity index (χ3v) is 4.24. The van der Waals surface area contributed by atoms with Gasteiger partial charge in [-0.2, -0.15) is 0 Å². The number of amides is 1. The van der Waals surface area contributed by atoms with E-state index in [1.54, 1.807) is 13.2 Å². The zero-order valence-corrected chi connectivity index (χ0v) is 14.0. The third kappa shape index (κ3) is 3.94. The van der Waals surface area contributed by atoms with Crippen LogP contribution in [0.25, 0.3) is 0 Å². The average Bonchev–Trinajstić information content (AvgIpc) is 2.65. The summed E-state index contributed by atoms with van der Waals surface area (Å²) >= 11 is 0. The first kappa shape index (κ1) is 18.0. The van der Waals surface area contributed by atoms with Crippen LogP contribution in [0.15, 0.2) is 36.4 Å². The monoisotopic (exact) mass is 333 g/mol. The minimum atomic E-state index is -0.691. The molecule has 1 fully saturated rings. The van der Waals surface area contributed by atoms with E-state index in [1.165, 1.54) is 13.2 Å². The molecule has 1 aromatic rings. The van der Waals surface area contributed by atoms with Crippen molar-refractivity contribution in [1.82, 2.24) is 5.32 Å². The highest BCUT2D eigenvalue weighted by Gasteiger charge is 2.43. The van der Waals surface area contributed by atoms with Gasteiger partial charge < -0.3 is 19.5 Å². The Balaban J connectivity index is 2.20. The molecule has 0 aromatic heterocycles. The van der Waals surface area contributed by atoms with E-state index in [0.717, 1.165) is 5.56 Å². The Morgan fingerprint density at radius 2 is 1.96 bits per heavy atom. The van der Waals surface area contributed by atoms with Crippen LogP contribution in [0.2, 0.25) is 0 Å². The number of carbonyl (C=O) groups is 2. The fraction of sp³-hybridized carbons (Fsp3) is 0.444. The van der Waals surface area contributed by atoms with Crippen LogP contribution < -0.4 is 10.1 Å². The molecule has 6 nitrogen and oxygen atoms in total. The van der Waals surface area contributed by atoms with Crippen LogP contribution in [0.1, 0.15) is 18.4 Å². The maximum Gasteiger partial charge on any atom is 0.330 e. The minimum absolute atomic E-state index is 0.0928. The lowest BCUT2D eigenvalue weighted by Gasteiger charge is -2.36. The van der Waals surface area contributed by atoms with E-state index < -0.39 is 11.4 Å². The zero-order valence-electron chi connectivity index (χ0n) is 14.0. The lowest BCUT2D eigenvalue weighted by atomic mass is 9.73. The van der Waals surface area contributed by atoms with Crippen molar-refractivity contribution >= 4 is 11.9 Å². The van der Waals surface area contributed by atoms with Gasteiger partial charge in [0.15, 0.2) is 0 Å². The Bertz CT molecular complexity index is 605. The quantitative estimate of drug-likeness (QED) is 0.632. The molecule has 0 unspecified atom stereocenters. The molecule has 0 saturated carbocycles. The summed E-state index contributed by atoms with van der Waals surface area (Å²) in [5.41, 5.74) is 0.175. The highest BCUT2D eigenvalue weighted by molar-refractivity contribution is 5.89. The van der Waals surface area contributed by atoms with Gasteiger partial charge in [-0.1, -0.05) is 24.3 Å². The molecule has 0 radical (unpaired) electrons. The van der Waals surface area contributed by atoms with Gasteiger partial charge in [-0.25, -0.2) is 4.79 Å². The third-order valence-electron chi connectivity index (χ3n) is 4.24. The molecule has 1 aliphatic heterocycles. The number of esters is 1. The maximum absolute atomic E-state index is 12.9. The van der Waals surface area contributed by atoms with Gasteiger partial charge in [-0.15, -0.1) is 0 Å². The van der Waals surface area contributed by atoms with E-state index in [0.29, 0.717) is 31.8 Å². The molecule has 6 heteroatoms. The van der Waals surface area contributed by atoms with Crippen LogP contribution in [0.4, 0.5) is 0 Å². The van der Waals surface area contributed by atoms with Crippen LogP contribution in [0.5, 0.6) is 5.75 Å². The number of carbonyl (C=O) groups excluding carboxylic acids is 2. The first-order valence-electron chi connectivity index (χ1n) is 7.88. The van der Waals surface area contributed by atoms with Crippen LogP contribution >= 0.6 is 0 Å². The van der Waals surface area contributed by atoms with Gasteiger partial charge >= 0.3 is 5.97 Å². The highest BCUT2D eigenvalue weighted by atomic mass is 16.5. The number of methoxy groups -OCH3 is 2. The number of ether oxygens (including phenoxy) is 3. The first-order valence-corrected chi connectivity index (χ1v) is 7.88. The molecular weight excluding hydrogens is 310 g/mol. The van der Waals surface area contributed by atoms with Crippen LogP contribution in [0.3, 0.4) is 0 Å². The summed E-state index contributed by atoms with van der Waals surface area (Å²) in [4.78, 5) is 24.0. The van der Waals surface area contributed by atoms with E-state index in [-0.39, 0.29) is 12.5 Å².